The van der Waals surface area contributed by atoms with Crippen LogP contribution in [-0.2, 0) is 9.53 Å². The van der Waals surface area contributed by atoms with Crippen molar-refractivity contribution in [2.45, 2.75) is 63.5 Å². The molecule has 28 heavy (non-hydrogen) atoms. The number of carbonyl (C=O) groups is 1. The van der Waals surface area contributed by atoms with E-state index >= 15 is 0 Å². The fourth-order valence-electron chi connectivity index (χ4n) is 10.3. The van der Waals surface area contributed by atoms with Gasteiger partial charge in [0.15, 0.2) is 0 Å². The number of piperidine rings is 1. The monoisotopic (exact) mass is 389 g/mol. The van der Waals surface area contributed by atoms with Crippen LogP contribution in [0.1, 0.15) is 51.9 Å². The maximum Gasteiger partial charge on any atom is 0.309 e. The molecule has 1 spiro atoms. The summed E-state index contributed by atoms with van der Waals surface area (Å²) in [6.45, 7) is 4.73. The number of hydrogen-bond acceptors (Lipinski definition) is 5. The zero-order chi connectivity index (χ0) is 19.5. The van der Waals surface area contributed by atoms with E-state index in [0.29, 0.717) is 23.8 Å². The Hall–Kier alpha value is -0.650. The second-order valence-corrected chi connectivity index (χ2v) is 11.2. The number of hydrogen-bond donors (Lipinski definition) is 2. The van der Waals surface area contributed by atoms with Crippen molar-refractivity contribution >= 4 is 5.97 Å². The van der Waals surface area contributed by atoms with E-state index in [4.69, 9.17) is 4.74 Å². The van der Waals surface area contributed by atoms with Gasteiger partial charge in [0.1, 0.15) is 0 Å². The normalized spacial score (nSPS) is 59.1. The van der Waals surface area contributed by atoms with Crippen molar-refractivity contribution < 1.29 is 19.7 Å². The first kappa shape index (κ1) is 18.1. The Morgan fingerprint density at radius 3 is 2.64 bits per heavy atom. The standard InChI is InChI=1S/C23H35NO4/c1-13-10-24-11-15-4-3-14-5-6-18-17(20(26)28-2)9-22(23(14,18)27)19(24)16(13)7-8-21(15,22)12-25/h13-19,25,27H,3-12H2,1-2H3/t13-,14+,15+,16-,17-,18-,19+,21-,22+,23+/m1/s1. The topological polar surface area (TPSA) is 70.0 Å². The van der Waals surface area contributed by atoms with Gasteiger partial charge in [0.2, 0.25) is 0 Å². The molecule has 0 amide bonds. The second-order valence-electron chi connectivity index (χ2n) is 11.2. The van der Waals surface area contributed by atoms with Crippen LogP contribution in [0.5, 0.6) is 0 Å². The summed E-state index contributed by atoms with van der Waals surface area (Å²) in [5.41, 5.74) is -1.41. The minimum absolute atomic E-state index is 0.00392. The summed E-state index contributed by atoms with van der Waals surface area (Å²) >= 11 is 0. The van der Waals surface area contributed by atoms with Crippen LogP contribution in [0.15, 0.2) is 0 Å². The van der Waals surface area contributed by atoms with Gasteiger partial charge in [-0.15, -0.1) is 0 Å². The molecular formula is C23H35NO4. The van der Waals surface area contributed by atoms with Crippen molar-refractivity contribution in [3.63, 3.8) is 0 Å². The van der Waals surface area contributed by atoms with Gasteiger partial charge in [-0.1, -0.05) is 6.92 Å². The molecule has 0 aromatic carbocycles. The smallest absolute Gasteiger partial charge is 0.309 e. The predicted molar refractivity (Wildman–Crippen MR) is 103 cm³/mol. The molecule has 6 fully saturated rings. The summed E-state index contributed by atoms with van der Waals surface area (Å²) in [6.07, 6.45) is 7.03. The van der Waals surface area contributed by atoms with Crippen LogP contribution in [-0.4, -0.2) is 59.5 Å². The Morgan fingerprint density at radius 1 is 1.14 bits per heavy atom. The molecule has 6 aliphatic rings. The highest BCUT2D eigenvalue weighted by Crippen LogP contribution is 2.79. The molecule has 5 heteroatoms. The lowest BCUT2D eigenvalue weighted by molar-refractivity contribution is -0.262. The van der Waals surface area contributed by atoms with E-state index in [-0.39, 0.29) is 41.2 Å². The minimum atomic E-state index is -0.824. The van der Waals surface area contributed by atoms with Crippen LogP contribution in [0.4, 0.5) is 0 Å². The average molecular weight is 390 g/mol. The van der Waals surface area contributed by atoms with Crippen LogP contribution >= 0.6 is 0 Å². The zero-order valence-corrected chi connectivity index (χ0v) is 17.3. The number of methoxy groups -OCH3 is 1. The number of aliphatic hydroxyl groups is 2. The molecule has 2 aliphatic heterocycles. The highest BCUT2D eigenvalue weighted by atomic mass is 16.5. The first-order valence-electron chi connectivity index (χ1n) is 11.6. The zero-order valence-electron chi connectivity index (χ0n) is 17.3. The van der Waals surface area contributed by atoms with E-state index in [1.54, 1.807) is 0 Å². The SMILES string of the molecule is COC(=O)[C@@H]1C[C@]23[C@@H]4[C@@H]5CC[C@@]2(CO)[C@@H](CC[C@H]2CC[C@H]1[C@@]23O)CN4C[C@H]5C. The first-order chi connectivity index (χ1) is 13.4. The van der Waals surface area contributed by atoms with Gasteiger partial charge in [-0.05, 0) is 68.6 Å². The highest BCUT2D eigenvalue weighted by molar-refractivity contribution is 5.74. The summed E-state index contributed by atoms with van der Waals surface area (Å²) in [5.74, 6) is 1.59. The molecule has 0 aromatic rings. The maximum absolute atomic E-state index is 12.9. The molecule has 0 radical (unpaired) electrons. The molecule has 4 aliphatic carbocycles. The van der Waals surface area contributed by atoms with E-state index in [1.807, 2.05) is 0 Å². The van der Waals surface area contributed by atoms with Crippen molar-refractivity contribution in [2.24, 2.45) is 46.3 Å². The second kappa shape index (κ2) is 5.53. The van der Waals surface area contributed by atoms with Gasteiger partial charge in [0.05, 0.1) is 18.6 Å². The van der Waals surface area contributed by atoms with E-state index < -0.39 is 5.60 Å². The number of esters is 1. The minimum Gasteiger partial charge on any atom is -0.469 e. The number of rotatable bonds is 2. The lowest BCUT2D eigenvalue weighted by atomic mass is 9.41. The average Bonchev–Trinajstić information content (AvgIpc) is 3.27. The largest absolute Gasteiger partial charge is 0.469 e. The Bertz CT molecular complexity index is 713. The van der Waals surface area contributed by atoms with E-state index in [2.05, 4.69) is 11.8 Å². The van der Waals surface area contributed by atoms with Crippen LogP contribution in [0.3, 0.4) is 0 Å². The molecule has 10 atom stereocenters. The van der Waals surface area contributed by atoms with E-state index in [0.717, 1.165) is 58.0 Å². The van der Waals surface area contributed by atoms with Crippen LogP contribution in [0.2, 0.25) is 0 Å². The Labute approximate surface area is 167 Å². The molecule has 2 N–H and O–H groups in total. The summed E-state index contributed by atoms with van der Waals surface area (Å²) < 4.78 is 5.25. The van der Waals surface area contributed by atoms with E-state index in [1.165, 1.54) is 7.11 Å². The van der Waals surface area contributed by atoms with Crippen molar-refractivity contribution in [1.82, 2.24) is 4.90 Å². The number of aliphatic hydroxyl groups excluding tert-OH is 1. The number of ether oxygens (including phenoxy) is 1. The van der Waals surface area contributed by atoms with Crippen molar-refractivity contribution in [2.75, 3.05) is 26.8 Å². The van der Waals surface area contributed by atoms with Crippen LogP contribution in [0.25, 0.3) is 0 Å². The van der Waals surface area contributed by atoms with Crippen molar-refractivity contribution in [3.8, 4) is 0 Å². The highest BCUT2D eigenvalue weighted by Gasteiger charge is 2.83. The van der Waals surface area contributed by atoms with Gasteiger partial charge >= 0.3 is 5.97 Å². The summed E-state index contributed by atoms with van der Waals surface area (Å²) in [5, 5.41) is 23.7. The molecule has 4 saturated carbocycles. The molecule has 6 rings (SSSR count). The number of nitrogens with zero attached hydrogens (tertiary/aromatic N) is 1. The van der Waals surface area contributed by atoms with Gasteiger partial charge in [0.25, 0.3) is 0 Å². The fourth-order valence-corrected chi connectivity index (χ4v) is 10.3. The number of carbonyl (C=O) groups excluding carboxylic acids is 1. The Kier molecular flexibility index (Phi) is 3.58. The fraction of sp³-hybridized carbons (Fsp3) is 0.957. The third-order valence-corrected chi connectivity index (χ3v) is 11.0. The molecule has 2 saturated heterocycles. The van der Waals surface area contributed by atoms with Crippen molar-refractivity contribution in [1.29, 1.82) is 0 Å². The Morgan fingerprint density at radius 2 is 1.89 bits per heavy atom. The summed E-state index contributed by atoms with van der Waals surface area (Å²) in [6, 6.07) is 0.320. The van der Waals surface area contributed by atoms with Gasteiger partial charge in [-0.2, -0.15) is 0 Å². The molecule has 0 unspecified atom stereocenters. The molecule has 5 nitrogen and oxygen atoms in total. The predicted octanol–water partition coefficient (Wildman–Crippen LogP) is 2.06. The van der Waals surface area contributed by atoms with Gasteiger partial charge in [-0.25, -0.2) is 0 Å². The quantitative estimate of drug-likeness (QED) is 0.708. The van der Waals surface area contributed by atoms with Crippen LogP contribution < -0.4 is 0 Å². The van der Waals surface area contributed by atoms with Crippen molar-refractivity contribution in [3.05, 3.63) is 0 Å². The first-order valence-corrected chi connectivity index (χ1v) is 11.6. The van der Waals surface area contributed by atoms with Crippen LogP contribution in [0, 0.1) is 46.3 Å². The lowest BCUT2D eigenvalue weighted by Gasteiger charge is -2.69. The molecule has 2 heterocycles. The molecule has 0 aromatic heterocycles. The third-order valence-electron chi connectivity index (χ3n) is 11.0. The Balaban J connectivity index is 1.63. The molecular weight excluding hydrogens is 354 g/mol. The lowest BCUT2D eigenvalue weighted by Crippen LogP contribution is -2.74. The molecule has 4 bridgehead atoms. The summed E-state index contributed by atoms with van der Waals surface area (Å²) in [4.78, 5) is 15.6. The van der Waals surface area contributed by atoms with E-state index in [9.17, 15) is 15.0 Å². The van der Waals surface area contributed by atoms with Gasteiger partial charge in [0, 0.05) is 42.5 Å². The third kappa shape index (κ3) is 1.65. The van der Waals surface area contributed by atoms with Gasteiger partial charge in [-0.3, -0.25) is 9.69 Å². The summed E-state index contributed by atoms with van der Waals surface area (Å²) in [7, 11) is 1.49. The molecule has 156 valence electrons. The maximum atomic E-state index is 12.9. The van der Waals surface area contributed by atoms with Gasteiger partial charge < -0.3 is 14.9 Å².